The molecule has 2 aromatic heterocycles. The number of fused-ring (bicyclic) bond motifs is 3. The number of likely N-dealkylation sites (N-methyl/N-ethyl adjacent to an activating group) is 1. The van der Waals surface area contributed by atoms with Gasteiger partial charge in [0.05, 0.1) is 11.7 Å². The molecule has 0 spiro atoms. The molecule has 0 fully saturated rings. The van der Waals surface area contributed by atoms with Crippen molar-refractivity contribution in [1.29, 1.82) is 0 Å². The molecule has 0 unspecified atom stereocenters. The van der Waals surface area contributed by atoms with Crippen molar-refractivity contribution in [2.24, 2.45) is 0 Å². The van der Waals surface area contributed by atoms with Crippen molar-refractivity contribution >= 4 is 10.9 Å². The topological polar surface area (TPSA) is 31.9 Å². The first-order valence-corrected chi connectivity index (χ1v) is 6.15. The number of nitrogens with zero attached hydrogens (tertiary/aromatic N) is 2. The quantitative estimate of drug-likeness (QED) is 0.753. The monoisotopic (exact) mass is 229 g/mol. The van der Waals surface area contributed by atoms with E-state index in [2.05, 4.69) is 48.8 Å². The second-order valence-electron chi connectivity index (χ2n) is 5.80. The number of H-pyrrole nitrogens is 1. The van der Waals surface area contributed by atoms with Crippen LogP contribution < -0.4 is 0 Å². The molecule has 0 atom stereocenters. The number of aromatic nitrogens is 2. The summed E-state index contributed by atoms with van der Waals surface area (Å²) in [4.78, 5) is 10.3. The molecule has 1 aliphatic rings. The third kappa shape index (κ3) is 1.57. The number of hydrogen-bond acceptors (Lipinski definition) is 2. The molecule has 0 saturated carbocycles. The Kier molecular flexibility index (Phi) is 2.11. The number of rotatable bonds is 0. The SMILES string of the molecule is Cc1cc2c3c([nH]c2cn1)CN(C)C(C)(C)C3. The summed E-state index contributed by atoms with van der Waals surface area (Å²) in [5, 5.41) is 1.36. The maximum atomic E-state index is 4.36. The van der Waals surface area contributed by atoms with Crippen molar-refractivity contribution in [2.45, 2.75) is 39.3 Å². The van der Waals surface area contributed by atoms with Crippen molar-refractivity contribution in [3.63, 3.8) is 0 Å². The minimum absolute atomic E-state index is 0.235. The lowest BCUT2D eigenvalue weighted by atomic mass is 9.88. The van der Waals surface area contributed by atoms with Gasteiger partial charge in [-0.25, -0.2) is 0 Å². The largest absolute Gasteiger partial charge is 0.356 e. The van der Waals surface area contributed by atoms with Crippen LogP contribution in [0.4, 0.5) is 0 Å². The third-order valence-electron chi connectivity index (χ3n) is 4.05. The van der Waals surface area contributed by atoms with E-state index in [0.717, 1.165) is 18.7 Å². The highest BCUT2D eigenvalue weighted by Gasteiger charge is 2.32. The van der Waals surface area contributed by atoms with Crippen LogP contribution >= 0.6 is 0 Å². The van der Waals surface area contributed by atoms with Crippen LogP contribution in [0.5, 0.6) is 0 Å². The van der Waals surface area contributed by atoms with Crippen molar-refractivity contribution in [2.75, 3.05) is 7.05 Å². The zero-order valence-corrected chi connectivity index (χ0v) is 11.0. The van der Waals surface area contributed by atoms with Gasteiger partial charge in [-0.3, -0.25) is 9.88 Å². The highest BCUT2D eigenvalue weighted by molar-refractivity contribution is 5.84. The van der Waals surface area contributed by atoms with E-state index in [0.29, 0.717) is 0 Å². The van der Waals surface area contributed by atoms with Crippen molar-refractivity contribution in [3.8, 4) is 0 Å². The number of nitrogens with one attached hydrogen (secondary N) is 1. The summed E-state index contributed by atoms with van der Waals surface area (Å²) in [6.45, 7) is 7.67. The Morgan fingerprint density at radius 1 is 1.41 bits per heavy atom. The highest BCUT2D eigenvalue weighted by Crippen LogP contribution is 2.34. The van der Waals surface area contributed by atoms with Crippen molar-refractivity contribution < 1.29 is 0 Å². The van der Waals surface area contributed by atoms with E-state index < -0.39 is 0 Å². The fraction of sp³-hybridized carbons (Fsp3) is 0.500. The summed E-state index contributed by atoms with van der Waals surface area (Å²) >= 11 is 0. The van der Waals surface area contributed by atoms with Gasteiger partial charge in [0, 0.05) is 28.9 Å². The maximum absolute atomic E-state index is 4.36. The van der Waals surface area contributed by atoms with Crippen LogP contribution in [0.3, 0.4) is 0 Å². The smallest absolute Gasteiger partial charge is 0.0646 e. The Hall–Kier alpha value is -1.35. The molecule has 90 valence electrons. The molecule has 1 aliphatic heterocycles. The maximum Gasteiger partial charge on any atom is 0.0646 e. The van der Waals surface area contributed by atoms with E-state index in [1.165, 1.54) is 22.2 Å². The van der Waals surface area contributed by atoms with Gasteiger partial charge in [-0.15, -0.1) is 0 Å². The molecule has 0 radical (unpaired) electrons. The van der Waals surface area contributed by atoms with Crippen LogP contribution in [-0.2, 0) is 13.0 Å². The van der Waals surface area contributed by atoms with Crippen LogP contribution in [0.15, 0.2) is 12.3 Å². The molecule has 3 heterocycles. The molecule has 3 heteroatoms. The van der Waals surface area contributed by atoms with Crippen LogP contribution in [0.2, 0.25) is 0 Å². The molecule has 0 aromatic carbocycles. The Balaban J connectivity index is 2.22. The summed E-state index contributed by atoms with van der Waals surface area (Å²) in [5.74, 6) is 0. The molecule has 0 aliphatic carbocycles. The molecule has 0 bridgehead atoms. The number of pyridine rings is 1. The van der Waals surface area contributed by atoms with Gasteiger partial charge in [-0.05, 0) is 45.9 Å². The van der Waals surface area contributed by atoms with Gasteiger partial charge >= 0.3 is 0 Å². The Bertz CT molecular complexity index is 580. The summed E-state index contributed by atoms with van der Waals surface area (Å²) in [6, 6.07) is 2.20. The average Bonchev–Trinajstić information content (AvgIpc) is 2.56. The summed E-state index contributed by atoms with van der Waals surface area (Å²) in [7, 11) is 2.19. The molecule has 3 nitrogen and oxygen atoms in total. The van der Waals surface area contributed by atoms with E-state index >= 15 is 0 Å². The van der Waals surface area contributed by atoms with E-state index in [9.17, 15) is 0 Å². The minimum Gasteiger partial charge on any atom is -0.356 e. The molecule has 3 rings (SSSR count). The molecule has 0 saturated heterocycles. The zero-order valence-electron chi connectivity index (χ0n) is 11.0. The lowest BCUT2D eigenvalue weighted by Crippen LogP contribution is -2.45. The molecular formula is C14H19N3. The first-order valence-electron chi connectivity index (χ1n) is 6.15. The van der Waals surface area contributed by atoms with Crippen molar-refractivity contribution in [3.05, 3.63) is 29.2 Å². The van der Waals surface area contributed by atoms with Gasteiger partial charge in [-0.1, -0.05) is 0 Å². The van der Waals surface area contributed by atoms with E-state index in [1.54, 1.807) is 0 Å². The molecular weight excluding hydrogens is 210 g/mol. The van der Waals surface area contributed by atoms with Crippen LogP contribution in [0, 0.1) is 6.92 Å². The standard InChI is InChI=1S/C14H19N3/c1-9-5-10-11-6-14(2,3)17(4)8-13(11)16-12(10)7-15-9/h5,7,16H,6,8H2,1-4H3. The Labute approximate surface area is 102 Å². The number of aryl methyl sites for hydroxylation is 1. The number of hydrogen-bond donors (Lipinski definition) is 1. The summed E-state index contributed by atoms with van der Waals surface area (Å²) < 4.78 is 0. The van der Waals surface area contributed by atoms with Crippen molar-refractivity contribution in [1.82, 2.24) is 14.9 Å². The molecule has 1 N–H and O–H groups in total. The van der Waals surface area contributed by atoms with E-state index in [1.807, 2.05) is 6.20 Å². The van der Waals surface area contributed by atoms with Crippen LogP contribution in [0.25, 0.3) is 10.9 Å². The zero-order chi connectivity index (χ0) is 12.2. The van der Waals surface area contributed by atoms with Gasteiger partial charge in [-0.2, -0.15) is 0 Å². The fourth-order valence-corrected chi connectivity index (χ4v) is 2.67. The first kappa shape index (κ1) is 10.8. The number of aromatic amines is 1. The Morgan fingerprint density at radius 2 is 2.18 bits per heavy atom. The van der Waals surface area contributed by atoms with E-state index in [4.69, 9.17) is 0 Å². The predicted molar refractivity (Wildman–Crippen MR) is 70.1 cm³/mol. The normalized spacial score (nSPS) is 19.5. The predicted octanol–water partition coefficient (Wildman–Crippen LogP) is 2.64. The van der Waals surface area contributed by atoms with Gasteiger partial charge in [0.25, 0.3) is 0 Å². The molecule has 0 amide bonds. The Morgan fingerprint density at radius 3 is 2.94 bits per heavy atom. The van der Waals surface area contributed by atoms with Crippen LogP contribution in [0.1, 0.15) is 30.8 Å². The second kappa shape index (κ2) is 3.33. The van der Waals surface area contributed by atoms with Gasteiger partial charge in [0.2, 0.25) is 0 Å². The fourth-order valence-electron chi connectivity index (χ4n) is 2.67. The van der Waals surface area contributed by atoms with Crippen LogP contribution in [-0.4, -0.2) is 27.5 Å². The first-order chi connectivity index (χ1) is 7.97. The average molecular weight is 229 g/mol. The lowest BCUT2D eigenvalue weighted by molar-refractivity contribution is 0.132. The minimum atomic E-state index is 0.235. The van der Waals surface area contributed by atoms with E-state index in [-0.39, 0.29) is 5.54 Å². The second-order valence-corrected chi connectivity index (χ2v) is 5.80. The molecule has 2 aromatic rings. The van der Waals surface area contributed by atoms with Gasteiger partial charge in [0.15, 0.2) is 0 Å². The summed E-state index contributed by atoms with van der Waals surface area (Å²) in [6.07, 6.45) is 3.05. The van der Waals surface area contributed by atoms with Gasteiger partial charge in [0.1, 0.15) is 0 Å². The van der Waals surface area contributed by atoms with Gasteiger partial charge < -0.3 is 4.98 Å². The highest BCUT2D eigenvalue weighted by atomic mass is 15.2. The third-order valence-corrected chi connectivity index (χ3v) is 4.05. The summed E-state index contributed by atoms with van der Waals surface area (Å²) in [5.41, 5.74) is 5.34. The lowest BCUT2D eigenvalue weighted by Gasteiger charge is -2.39. The molecule has 17 heavy (non-hydrogen) atoms.